The first kappa shape index (κ1) is 11.1. The third-order valence-corrected chi connectivity index (χ3v) is 3.89. The van der Waals surface area contributed by atoms with Gasteiger partial charge in [0.1, 0.15) is 0 Å². The summed E-state index contributed by atoms with van der Waals surface area (Å²) in [6.07, 6.45) is 1.75. The molecule has 0 saturated heterocycles. The maximum atomic E-state index is 12.2. The number of nitrogens with two attached hydrogens (primary N) is 1. The molecule has 1 fully saturated rings. The van der Waals surface area contributed by atoms with Gasteiger partial charge in [-0.25, -0.2) is 0 Å². The molecule has 1 aliphatic rings. The highest BCUT2D eigenvalue weighted by molar-refractivity contribution is 9.10. The van der Waals surface area contributed by atoms with Crippen molar-refractivity contribution in [3.63, 3.8) is 0 Å². The minimum absolute atomic E-state index is 0.0717. The molecule has 1 aliphatic carbocycles. The van der Waals surface area contributed by atoms with Crippen LogP contribution in [-0.4, -0.2) is 12.3 Å². The van der Waals surface area contributed by atoms with Crippen molar-refractivity contribution in [3.8, 4) is 0 Å². The minimum atomic E-state index is -0.340. The molecule has 0 radical (unpaired) electrons. The lowest BCUT2D eigenvalue weighted by atomic mass is 9.95. The van der Waals surface area contributed by atoms with E-state index in [9.17, 15) is 4.79 Å². The third-order valence-electron chi connectivity index (χ3n) is 2.92. The van der Waals surface area contributed by atoms with Crippen molar-refractivity contribution < 1.29 is 4.79 Å². The zero-order valence-corrected chi connectivity index (χ0v) is 10.4. The highest BCUT2D eigenvalue weighted by Crippen LogP contribution is 2.48. The van der Waals surface area contributed by atoms with Crippen LogP contribution in [0.25, 0.3) is 0 Å². The summed E-state index contributed by atoms with van der Waals surface area (Å²) in [5.41, 5.74) is 5.86. The summed E-state index contributed by atoms with van der Waals surface area (Å²) in [6, 6.07) is 5.36. The number of carbonyl (C=O) groups excluding carboxylic acids is 1. The number of hydrogen-bond donors (Lipinski definition) is 1. The third kappa shape index (κ3) is 1.84. The van der Waals surface area contributed by atoms with Gasteiger partial charge in [0.25, 0.3) is 0 Å². The molecule has 0 aliphatic heterocycles. The van der Waals surface area contributed by atoms with Gasteiger partial charge in [-0.3, -0.25) is 4.79 Å². The molecular formula is C11H11BrClNO. The molecule has 15 heavy (non-hydrogen) atoms. The fraction of sp³-hybridized carbons (Fsp3) is 0.364. The Morgan fingerprint density at radius 1 is 1.53 bits per heavy atom. The molecule has 1 aromatic carbocycles. The first-order chi connectivity index (χ1) is 7.10. The van der Waals surface area contributed by atoms with E-state index in [0.717, 1.165) is 17.3 Å². The van der Waals surface area contributed by atoms with E-state index in [1.165, 1.54) is 0 Å². The van der Waals surface area contributed by atoms with Crippen molar-refractivity contribution in [1.29, 1.82) is 0 Å². The van der Waals surface area contributed by atoms with Crippen LogP contribution in [-0.2, 0) is 0 Å². The van der Waals surface area contributed by atoms with E-state index < -0.39 is 0 Å². The Morgan fingerprint density at radius 3 is 2.67 bits per heavy atom. The summed E-state index contributed by atoms with van der Waals surface area (Å²) in [6.45, 7) is 0.406. The van der Waals surface area contributed by atoms with Crippen molar-refractivity contribution >= 4 is 33.3 Å². The Morgan fingerprint density at radius 2 is 2.20 bits per heavy atom. The van der Waals surface area contributed by atoms with Gasteiger partial charge in [-0.2, -0.15) is 0 Å². The van der Waals surface area contributed by atoms with Gasteiger partial charge in [0.15, 0.2) is 5.78 Å². The number of benzene rings is 1. The fourth-order valence-electron chi connectivity index (χ4n) is 1.65. The van der Waals surface area contributed by atoms with E-state index in [-0.39, 0.29) is 11.2 Å². The lowest BCUT2D eigenvalue weighted by Crippen LogP contribution is -2.25. The standard InChI is InChI=1S/C11H11BrClNO/c12-7-2-1-3-8(13)9(7)10(15)11(6-14)4-5-11/h1-3H,4-6,14H2. The van der Waals surface area contributed by atoms with Gasteiger partial charge in [-0.05, 0) is 40.9 Å². The Balaban J connectivity index is 2.42. The van der Waals surface area contributed by atoms with E-state index in [1.54, 1.807) is 6.07 Å². The van der Waals surface area contributed by atoms with Gasteiger partial charge in [0.05, 0.1) is 10.6 Å². The van der Waals surface area contributed by atoms with Crippen LogP contribution in [0, 0.1) is 5.41 Å². The van der Waals surface area contributed by atoms with Gasteiger partial charge in [-0.1, -0.05) is 17.7 Å². The van der Waals surface area contributed by atoms with Gasteiger partial charge >= 0.3 is 0 Å². The van der Waals surface area contributed by atoms with Crippen LogP contribution in [0.1, 0.15) is 23.2 Å². The molecule has 80 valence electrons. The quantitative estimate of drug-likeness (QED) is 0.869. The van der Waals surface area contributed by atoms with E-state index in [0.29, 0.717) is 17.1 Å². The molecule has 0 amide bonds. The van der Waals surface area contributed by atoms with Crippen LogP contribution in [0.2, 0.25) is 5.02 Å². The van der Waals surface area contributed by atoms with E-state index in [1.807, 2.05) is 12.1 Å². The molecule has 2 N–H and O–H groups in total. The average molecular weight is 289 g/mol. The van der Waals surface area contributed by atoms with Gasteiger partial charge < -0.3 is 5.73 Å². The molecule has 0 aromatic heterocycles. The van der Waals surface area contributed by atoms with Crippen LogP contribution in [0.4, 0.5) is 0 Å². The Kier molecular flexibility index (Phi) is 2.88. The van der Waals surface area contributed by atoms with Crippen LogP contribution < -0.4 is 5.73 Å². The van der Waals surface area contributed by atoms with Crippen LogP contribution in [0.5, 0.6) is 0 Å². The largest absolute Gasteiger partial charge is 0.329 e. The maximum absolute atomic E-state index is 12.2. The number of ketones is 1. The zero-order valence-electron chi connectivity index (χ0n) is 8.09. The molecule has 0 atom stereocenters. The lowest BCUT2D eigenvalue weighted by Gasteiger charge is -2.13. The second kappa shape index (κ2) is 3.89. The van der Waals surface area contributed by atoms with Crippen molar-refractivity contribution in [1.82, 2.24) is 0 Å². The number of Topliss-reactive ketones (excluding diaryl/α,β-unsaturated/α-hetero) is 1. The summed E-state index contributed by atoms with van der Waals surface area (Å²) < 4.78 is 0.750. The Labute approximate surface area is 102 Å². The maximum Gasteiger partial charge on any atom is 0.172 e. The lowest BCUT2D eigenvalue weighted by molar-refractivity contribution is 0.0905. The van der Waals surface area contributed by atoms with Crippen molar-refractivity contribution in [3.05, 3.63) is 33.3 Å². The van der Waals surface area contributed by atoms with E-state index in [4.69, 9.17) is 17.3 Å². The zero-order chi connectivity index (χ0) is 11.1. The highest BCUT2D eigenvalue weighted by Gasteiger charge is 2.49. The summed E-state index contributed by atoms with van der Waals surface area (Å²) in [5, 5.41) is 0.495. The average Bonchev–Trinajstić information content (AvgIpc) is 2.97. The predicted octanol–water partition coefficient (Wildman–Crippen LogP) is 3.02. The molecular weight excluding hydrogens is 277 g/mol. The Hall–Kier alpha value is -0.380. The monoisotopic (exact) mass is 287 g/mol. The molecule has 4 heteroatoms. The number of carbonyl (C=O) groups is 1. The molecule has 0 unspecified atom stereocenters. The number of rotatable bonds is 3. The second-order valence-electron chi connectivity index (χ2n) is 3.91. The molecule has 0 heterocycles. The second-order valence-corrected chi connectivity index (χ2v) is 5.17. The van der Waals surface area contributed by atoms with Crippen molar-refractivity contribution in [2.45, 2.75) is 12.8 Å². The van der Waals surface area contributed by atoms with Gasteiger partial charge in [0, 0.05) is 16.4 Å². The summed E-state index contributed by atoms with van der Waals surface area (Å²) in [7, 11) is 0. The molecule has 2 nitrogen and oxygen atoms in total. The van der Waals surface area contributed by atoms with Crippen LogP contribution in [0.15, 0.2) is 22.7 Å². The van der Waals surface area contributed by atoms with Crippen LogP contribution in [0.3, 0.4) is 0 Å². The number of halogens is 2. The first-order valence-electron chi connectivity index (χ1n) is 4.80. The molecule has 0 spiro atoms. The van der Waals surface area contributed by atoms with Crippen LogP contribution >= 0.6 is 27.5 Å². The summed E-state index contributed by atoms with van der Waals surface area (Å²) >= 11 is 9.37. The molecule has 1 saturated carbocycles. The van der Waals surface area contributed by atoms with E-state index in [2.05, 4.69) is 15.9 Å². The van der Waals surface area contributed by atoms with Gasteiger partial charge in [-0.15, -0.1) is 0 Å². The SMILES string of the molecule is NCC1(C(=O)c2c(Cl)cccc2Br)CC1. The molecule has 0 bridgehead atoms. The smallest absolute Gasteiger partial charge is 0.172 e. The minimum Gasteiger partial charge on any atom is -0.329 e. The van der Waals surface area contributed by atoms with Crippen molar-refractivity contribution in [2.24, 2.45) is 11.1 Å². The normalized spacial score (nSPS) is 17.5. The molecule has 1 aromatic rings. The molecule has 2 rings (SSSR count). The van der Waals surface area contributed by atoms with Gasteiger partial charge in [0.2, 0.25) is 0 Å². The first-order valence-corrected chi connectivity index (χ1v) is 5.97. The van der Waals surface area contributed by atoms with E-state index >= 15 is 0 Å². The fourth-order valence-corrected chi connectivity index (χ4v) is 2.58. The van der Waals surface area contributed by atoms with Crippen molar-refractivity contribution in [2.75, 3.05) is 6.54 Å². The Bertz CT molecular complexity index is 395. The number of hydrogen-bond acceptors (Lipinski definition) is 2. The predicted molar refractivity (Wildman–Crippen MR) is 64.2 cm³/mol. The topological polar surface area (TPSA) is 43.1 Å². The summed E-state index contributed by atoms with van der Waals surface area (Å²) in [4.78, 5) is 12.2. The summed E-state index contributed by atoms with van der Waals surface area (Å²) in [5.74, 6) is 0.0717. The highest BCUT2D eigenvalue weighted by atomic mass is 79.9.